The highest BCUT2D eigenvalue weighted by atomic mass is 16.4. The van der Waals surface area contributed by atoms with E-state index in [9.17, 15) is 24.6 Å². The first kappa shape index (κ1) is 25.5. The number of hydrogen-bond acceptors (Lipinski definition) is 6. The lowest BCUT2D eigenvalue weighted by atomic mass is 9.95. The van der Waals surface area contributed by atoms with Crippen LogP contribution in [0.2, 0.25) is 0 Å². The maximum absolute atomic E-state index is 13.0. The number of hydrogen-bond donors (Lipinski definition) is 3. The molecule has 1 aromatic heterocycles. The van der Waals surface area contributed by atoms with Crippen LogP contribution in [0.1, 0.15) is 45.1 Å². The second kappa shape index (κ2) is 11.9. The number of rotatable bonds is 12. The zero-order chi connectivity index (χ0) is 25.4. The van der Waals surface area contributed by atoms with Crippen LogP contribution in [0.5, 0.6) is 0 Å². The summed E-state index contributed by atoms with van der Waals surface area (Å²) in [6.45, 7) is 3.56. The molecule has 3 N–H and O–H groups in total. The number of amides is 1. The number of nitrogens with one attached hydrogen (secondary N) is 1. The summed E-state index contributed by atoms with van der Waals surface area (Å²) in [5.74, 6) is -2.91. The number of carbonyl (C=O) groups excluding carboxylic acids is 1. The van der Waals surface area contributed by atoms with Crippen LogP contribution in [0.25, 0.3) is 22.5 Å². The van der Waals surface area contributed by atoms with Crippen molar-refractivity contribution >= 4 is 17.8 Å². The summed E-state index contributed by atoms with van der Waals surface area (Å²) < 4.78 is 0. The third kappa shape index (κ3) is 6.50. The average molecular weight is 480 g/mol. The number of nitrogens with zero attached hydrogens (tertiary/aromatic N) is 4. The van der Waals surface area contributed by atoms with Crippen molar-refractivity contribution in [2.45, 2.75) is 52.1 Å². The Bertz CT molecular complexity index is 1150. The van der Waals surface area contributed by atoms with Gasteiger partial charge in [0.05, 0.1) is 6.42 Å². The summed E-state index contributed by atoms with van der Waals surface area (Å²) >= 11 is 0. The molecule has 0 radical (unpaired) electrons. The Morgan fingerprint density at radius 1 is 1.03 bits per heavy atom. The molecule has 0 saturated carbocycles. The van der Waals surface area contributed by atoms with Crippen LogP contribution >= 0.6 is 0 Å². The van der Waals surface area contributed by atoms with Gasteiger partial charge < -0.3 is 15.1 Å². The zero-order valence-electron chi connectivity index (χ0n) is 19.7. The number of carboxylic acid groups (broad SMARTS) is 2. The second-order valence-electron chi connectivity index (χ2n) is 8.46. The van der Waals surface area contributed by atoms with Gasteiger partial charge in [-0.05, 0) is 34.2 Å². The summed E-state index contributed by atoms with van der Waals surface area (Å²) in [5, 5.41) is 33.3. The van der Waals surface area contributed by atoms with E-state index in [0.29, 0.717) is 12.2 Å². The maximum atomic E-state index is 13.0. The predicted octanol–water partition coefficient (Wildman–Crippen LogP) is 3.62. The fraction of sp³-hybridized carbons (Fsp3) is 0.360. The molecule has 0 spiro atoms. The number of unbranched alkanes of at least 4 members (excludes halogenated alkanes) is 1. The van der Waals surface area contributed by atoms with Gasteiger partial charge in [0.2, 0.25) is 11.7 Å². The molecule has 35 heavy (non-hydrogen) atoms. The first-order chi connectivity index (χ1) is 16.8. The van der Waals surface area contributed by atoms with Gasteiger partial charge >= 0.3 is 11.9 Å². The molecule has 0 fully saturated rings. The van der Waals surface area contributed by atoms with E-state index in [-0.39, 0.29) is 25.3 Å². The van der Waals surface area contributed by atoms with Crippen LogP contribution in [0.15, 0.2) is 48.5 Å². The summed E-state index contributed by atoms with van der Waals surface area (Å²) in [4.78, 5) is 37.6. The molecule has 10 nitrogen and oxygen atoms in total. The SMILES string of the molecule is CCCCC(=O)N(Cc1ccc(-c2ccccc2-c2nn[nH]n2)cc1)[C@H](C(=O)O)C(C)CC(=O)O. The molecule has 1 heterocycles. The van der Waals surface area contributed by atoms with Crippen molar-refractivity contribution in [2.24, 2.45) is 5.92 Å². The molecule has 0 bridgehead atoms. The first-order valence-electron chi connectivity index (χ1n) is 11.5. The standard InChI is InChI=1S/C25H29N5O5/c1-3-4-9-21(31)30(23(25(34)35)16(2)14-22(32)33)15-17-10-12-18(13-11-17)19-7-5-6-8-20(19)24-26-28-29-27-24/h5-8,10-13,16,23H,3-4,9,14-15H2,1-2H3,(H,32,33)(H,34,35)(H,26,27,28,29)/t16?,23-/m0/s1. The minimum Gasteiger partial charge on any atom is -0.481 e. The minimum absolute atomic E-state index is 0.0657. The molecule has 3 aromatic rings. The third-order valence-corrected chi connectivity index (χ3v) is 5.82. The van der Waals surface area contributed by atoms with E-state index in [1.54, 1.807) is 6.92 Å². The number of tetrazole rings is 1. The van der Waals surface area contributed by atoms with E-state index in [2.05, 4.69) is 20.6 Å². The quantitative estimate of drug-likeness (QED) is 0.356. The Kier molecular flexibility index (Phi) is 8.66. The van der Waals surface area contributed by atoms with Gasteiger partial charge in [0.1, 0.15) is 6.04 Å². The maximum Gasteiger partial charge on any atom is 0.326 e. The second-order valence-corrected chi connectivity index (χ2v) is 8.46. The van der Waals surface area contributed by atoms with Crippen LogP contribution in [0, 0.1) is 5.92 Å². The highest BCUT2D eigenvalue weighted by molar-refractivity contribution is 5.84. The van der Waals surface area contributed by atoms with Crippen LogP contribution in [0.4, 0.5) is 0 Å². The predicted molar refractivity (Wildman–Crippen MR) is 128 cm³/mol. The Hall–Kier alpha value is -4.08. The molecule has 2 atom stereocenters. The van der Waals surface area contributed by atoms with E-state index in [1.807, 2.05) is 55.5 Å². The highest BCUT2D eigenvalue weighted by Crippen LogP contribution is 2.30. The number of benzene rings is 2. The molecular formula is C25H29N5O5. The number of aliphatic carboxylic acids is 2. The van der Waals surface area contributed by atoms with E-state index in [1.165, 1.54) is 4.90 Å². The molecule has 184 valence electrons. The van der Waals surface area contributed by atoms with Gasteiger partial charge in [0.15, 0.2) is 0 Å². The van der Waals surface area contributed by atoms with Crippen LogP contribution < -0.4 is 0 Å². The monoisotopic (exact) mass is 479 g/mol. The summed E-state index contributed by atoms with van der Waals surface area (Å²) in [6, 6.07) is 13.8. The van der Waals surface area contributed by atoms with Crippen LogP contribution in [-0.4, -0.2) is 59.6 Å². The van der Waals surface area contributed by atoms with E-state index in [4.69, 9.17) is 0 Å². The summed E-state index contributed by atoms with van der Waals surface area (Å²) in [6.07, 6.45) is 1.27. The van der Waals surface area contributed by atoms with Crippen molar-refractivity contribution in [1.82, 2.24) is 25.5 Å². The van der Waals surface area contributed by atoms with Gasteiger partial charge in [0, 0.05) is 18.5 Å². The lowest BCUT2D eigenvalue weighted by Gasteiger charge is -2.32. The molecule has 2 aromatic carbocycles. The number of carboxylic acids is 2. The van der Waals surface area contributed by atoms with Gasteiger partial charge in [-0.1, -0.05) is 68.8 Å². The van der Waals surface area contributed by atoms with Crippen molar-refractivity contribution in [3.05, 3.63) is 54.1 Å². The van der Waals surface area contributed by atoms with Crippen molar-refractivity contribution in [3.63, 3.8) is 0 Å². The molecule has 0 aliphatic rings. The molecule has 0 aliphatic heterocycles. The van der Waals surface area contributed by atoms with Gasteiger partial charge in [-0.2, -0.15) is 5.21 Å². The Morgan fingerprint density at radius 2 is 1.71 bits per heavy atom. The number of aromatic nitrogens is 4. The summed E-state index contributed by atoms with van der Waals surface area (Å²) in [5.41, 5.74) is 3.34. The van der Waals surface area contributed by atoms with Crippen molar-refractivity contribution < 1.29 is 24.6 Å². The average Bonchev–Trinajstić information content (AvgIpc) is 3.37. The van der Waals surface area contributed by atoms with Crippen LogP contribution in [-0.2, 0) is 20.9 Å². The Labute approximate surface area is 203 Å². The molecule has 1 unspecified atom stereocenters. The Morgan fingerprint density at radius 3 is 2.29 bits per heavy atom. The lowest BCUT2D eigenvalue weighted by molar-refractivity contribution is -0.154. The largest absolute Gasteiger partial charge is 0.481 e. The number of aromatic amines is 1. The highest BCUT2D eigenvalue weighted by Gasteiger charge is 2.35. The topological polar surface area (TPSA) is 149 Å². The van der Waals surface area contributed by atoms with Crippen molar-refractivity contribution in [1.29, 1.82) is 0 Å². The fourth-order valence-corrected chi connectivity index (χ4v) is 4.08. The van der Waals surface area contributed by atoms with E-state index < -0.39 is 23.9 Å². The minimum atomic E-state index is -1.24. The fourth-order valence-electron chi connectivity index (χ4n) is 4.08. The molecule has 0 aliphatic carbocycles. The normalized spacial score (nSPS) is 12.6. The van der Waals surface area contributed by atoms with Crippen molar-refractivity contribution in [2.75, 3.05) is 0 Å². The lowest BCUT2D eigenvalue weighted by Crippen LogP contribution is -2.48. The first-order valence-corrected chi connectivity index (χ1v) is 11.5. The van der Waals surface area contributed by atoms with E-state index >= 15 is 0 Å². The third-order valence-electron chi connectivity index (χ3n) is 5.82. The summed E-state index contributed by atoms with van der Waals surface area (Å²) in [7, 11) is 0. The van der Waals surface area contributed by atoms with Gasteiger partial charge in [-0.25, -0.2) is 4.79 Å². The van der Waals surface area contributed by atoms with Gasteiger partial charge in [-0.15, -0.1) is 10.2 Å². The van der Waals surface area contributed by atoms with Gasteiger partial charge in [0.25, 0.3) is 0 Å². The van der Waals surface area contributed by atoms with Crippen molar-refractivity contribution in [3.8, 4) is 22.5 Å². The molecule has 1 amide bonds. The molecule has 0 saturated heterocycles. The van der Waals surface area contributed by atoms with Crippen LogP contribution in [0.3, 0.4) is 0 Å². The smallest absolute Gasteiger partial charge is 0.326 e. The molecule has 10 heteroatoms. The van der Waals surface area contributed by atoms with Gasteiger partial charge in [-0.3, -0.25) is 9.59 Å². The number of carbonyl (C=O) groups is 3. The number of H-pyrrole nitrogens is 1. The molecule has 3 rings (SSSR count). The Balaban J connectivity index is 1.89. The zero-order valence-corrected chi connectivity index (χ0v) is 19.7. The van der Waals surface area contributed by atoms with E-state index in [0.717, 1.165) is 28.7 Å². The molecular weight excluding hydrogens is 450 g/mol.